The first-order valence-electron chi connectivity index (χ1n) is 5.55. The molecule has 1 atom stereocenters. The lowest BCUT2D eigenvalue weighted by Gasteiger charge is -2.19. The minimum atomic E-state index is -0.0560. The van der Waals surface area contributed by atoms with E-state index in [4.69, 9.17) is 4.74 Å². The molecule has 2 heteroatoms. The monoisotopic (exact) mass is 196 g/mol. The molecule has 14 heavy (non-hydrogen) atoms. The third-order valence-corrected chi connectivity index (χ3v) is 2.47. The Labute approximate surface area is 86.3 Å². The minimum Gasteiger partial charge on any atom is -0.462 e. The van der Waals surface area contributed by atoms with Crippen LogP contribution < -0.4 is 0 Å². The first-order chi connectivity index (χ1) is 6.70. The van der Waals surface area contributed by atoms with Crippen molar-refractivity contribution in [2.24, 2.45) is 5.92 Å². The van der Waals surface area contributed by atoms with Gasteiger partial charge in [0, 0.05) is 0 Å². The molecule has 80 valence electrons. The Morgan fingerprint density at radius 1 is 1.29 bits per heavy atom. The smallest absolute Gasteiger partial charge is 0.308 e. The van der Waals surface area contributed by atoms with Crippen molar-refractivity contribution in [1.82, 2.24) is 0 Å². The summed E-state index contributed by atoms with van der Waals surface area (Å²) >= 11 is 0. The highest BCUT2D eigenvalue weighted by molar-refractivity contribution is 5.71. The molecule has 0 saturated carbocycles. The van der Waals surface area contributed by atoms with Gasteiger partial charge in [0.1, 0.15) is 6.10 Å². The molecule has 1 rings (SSSR count). The third kappa shape index (κ3) is 3.95. The van der Waals surface area contributed by atoms with Crippen LogP contribution in [0.25, 0.3) is 0 Å². The van der Waals surface area contributed by atoms with Gasteiger partial charge in [-0.2, -0.15) is 0 Å². The largest absolute Gasteiger partial charge is 0.462 e. The molecule has 2 nitrogen and oxygen atoms in total. The molecule has 0 bridgehead atoms. The Bertz CT molecular complexity index is 206. The van der Waals surface area contributed by atoms with E-state index in [1.165, 1.54) is 0 Å². The fourth-order valence-corrected chi connectivity index (χ4v) is 1.54. The van der Waals surface area contributed by atoms with Gasteiger partial charge >= 0.3 is 5.97 Å². The van der Waals surface area contributed by atoms with E-state index in [-0.39, 0.29) is 18.0 Å². The average Bonchev–Trinajstić information content (AvgIpc) is 2.08. The number of carbonyl (C=O) groups is 1. The van der Waals surface area contributed by atoms with Gasteiger partial charge < -0.3 is 4.74 Å². The van der Waals surface area contributed by atoms with Crippen molar-refractivity contribution in [3.05, 3.63) is 12.2 Å². The molecule has 0 heterocycles. The molecule has 1 aliphatic carbocycles. The fourth-order valence-electron chi connectivity index (χ4n) is 1.54. The number of hydrogen-bond acceptors (Lipinski definition) is 2. The molecule has 0 N–H and O–H groups in total. The van der Waals surface area contributed by atoms with Crippen LogP contribution in [0.2, 0.25) is 0 Å². The molecule has 0 radical (unpaired) electrons. The average molecular weight is 196 g/mol. The zero-order chi connectivity index (χ0) is 10.4. The van der Waals surface area contributed by atoms with Gasteiger partial charge in [-0.1, -0.05) is 26.0 Å². The quantitative estimate of drug-likeness (QED) is 0.501. The summed E-state index contributed by atoms with van der Waals surface area (Å²) in [6.45, 7) is 3.76. The molecule has 0 aliphatic heterocycles. The van der Waals surface area contributed by atoms with Crippen LogP contribution in [0, 0.1) is 5.92 Å². The number of rotatable bonds is 2. The van der Waals surface area contributed by atoms with Crippen molar-refractivity contribution >= 4 is 5.97 Å². The van der Waals surface area contributed by atoms with Crippen LogP contribution in [0.1, 0.15) is 46.0 Å². The van der Waals surface area contributed by atoms with Crippen LogP contribution >= 0.6 is 0 Å². The van der Waals surface area contributed by atoms with Gasteiger partial charge in [-0.05, 0) is 32.1 Å². The summed E-state index contributed by atoms with van der Waals surface area (Å²) in [7, 11) is 0. The maximum absolute atomic E-state index is 11.4. The third-order valence-electron chi connectivity index (χ3n) is 2.47. The van der Waals surface area contributed by atoms with E-state index in [0.29, 0.717) is 0 Å². The normalized spacial score (nSPS) is 25.2. The Morgan fingerprint density at radius 3 is 2.71 bits per heavy atom. The Hall–Kier alpha value is -0.790. The topological polar surface area (TPSA) is 26.3 Å². The molecule has 0 aromatic carbocycles. The summed E-state index contributed by atoms with van der Waals surface area (Å²) in [5.74, 6) is -0.0597. The molecule has 0 aromatic heterocycles. The standard InChI is InChI=1S/C12H20O2/c1-10(2)12(13)14-11-8-6-4-3-5-7-9-11/h3-4,10-11H,5-9H2,1-2H3/b4-3+. The van der Waals surface area contributed by atoms with Crippen molar-refractivity contribution in [2.75, 3.05) is 0 Å². The first-order valence-corrected chi connectivity index (χ1v) is 5.55. The molecule has 1 aliphatic rings. The zero-order valence-corrected chi connectivity index (χ0v) is 9.16. The van der Waals surface area contributed by atoms with Crippen molar-refractivity contribution in [1.29, 1.82) is 0 Å². The Kier molecular flexibility index (Phi) is 4.71. The second-order valence-corrected chi connectivity index (χ2v) is 4.19. The highest BCUT2D eigenvalue weighted by Crippen LogP contribution is 2.16. The predicted octanol–water partition coefficient (Wildman–Crippen LogP) is 3.07. The van der Waals surface area contributed by atoms with Crippen molar-refractivity contribution < 1.29 is 9.53 Å². The number of allylic oxidation sites excluding steroid dienone is 2. The van der Waals surface area contributed by atoms with Crippen molar-refractivity contribution in [3.8, 4) is 0 Å². The van der Waals surface area contributed by atoms with E-state index < -0.39 is 0 Å². The van der Waals surface area contributed by atoms with E-state index in [1.807, 2.05) is 13.8 Å². The number of carbonyl (C=O) groups excluding carboxylic acids is 1. The van der Waals surface area contributed by atoms with Crippen LogP contribution in [0.4, 0.5) is 0 Å². The van der Waals surface area contributed by atoms with Crippen LogP contribution in [0.3, 0.4) is 0 Å². The maximum atomic E-state index is 11.4. The number of ether oxygens (including phenoxy) is 1. The lowest BCUT2D eigenvalue weighted by Crippen LogP contribution is -2.21. The summed E-state index contributed by atoms with van der Waals surface area (Å²) in [4.78, 5) is 11.4. The maximum Gasteiger partial charge on any atom is 0.308 e. The van der Waals surface area contributed by atoms with Crippen molar-refractivity contribution in [2.45, 2.75) is 52.1 Å². The summed E-state index contributed by atoms with van der Waals surface area (Å²) in [5, 5.41) is 0. The predicted molar refractivity (Wildman–Crippen MR) is 56.9 cm³/mol. The molecular formula is C12H20O2. The second kappa shape index (κ2) is 5.84. The highest BCUT2D eigenvalue weighted by Gasteiger charge is 2.16. The van der Waals surface area contributed by atoms with Gasteiger partial charge in [-0.3, -0.25) is 4.79 Å². The highest BCUT2D eigenvalue weighted by atomic mass is 16.5. The summed E-state index contributed by atoms with van der Waals surface area (Å²) in [6, 6.07) is 0. The van der Waals surface area contributed by atoms with E-state index in [2.05, 4.69) is 12.2 Å². The second-order valence-electron chi connectivity index (χ2n) is 4.19. The van der Waals surface area contributed by atoms with Gasteiger partial charge in [0.2, 0.25) is 0 Å². The van der Waals surface area contributed by atoms with Crippen LogP contribution in [-0.2, 0) is 9.53 Å². The van der Waals surface area contributed by atoms with Gasteiger partial charge in [0.25, 0.3) is 0 Å². The summed E-state index contributed by atoms with van der Waals surface area (Å²) in [6.07, 6.45) is 9.85. The van der Waals surface area contributed by atoms with Crippen LogP contribution in [0.5, 0.6) is 0 Å². The van der Waals surface area contributed by atoms with Gasteiger partial charge in [0.05, 0.1) is 5.92 Å². The molecule has 0 fully saturated rings. The van der Waals surface area contributed by atoms with Gasteiger partial charge in [-0.15, -0.1) is 0 Å². The van der Waals surface area contributed by atoms with E-state index in [1.54, 1.807) is 0 Å². The zero-order valence-electron chi connectivity index (χ0n) is 9.16. The van der Waals surface area contributed by atoms with E-state index in [9.17, 15) is 4.79 Å². The molecule has 0 saturated heterocycles. The Morgan fingerprint density at radius 2 is 2.00 bits per heavy atom. The van der Waals surface area contributed by atoms with Gasteiger partial charge in [-0.25, -0.2) is 0 Å². The lowest BCUT2D eigenvalue weighted by atomic mass is 10.0. The minimum absolute atomic E-state index is 0.00372. The molecule has 0 amide bonds. The Balaban J connectivity index is 2.35. The molecule has 1 unspecified atom stereocenters. The number of esters is 1. The number of hydrogen-bond donors (Lipinski definition) is 0. The van der Waals surface area contributed by atoms with Gasteiger partial charge in [0.15, 0.2) is 0 Å². The van der Waals surface area contributed by atoms with Crippen LogP contribution in [-0.4, -0.2) is 12.1 Å². The van der Waals surface area contributed by atoms with Crippen molar-refractivity contribution in [3.63, 3.8) is 0 Å². The molecular weight excluding hydrogens is 176 g/mol. The molecule has 0 spiro atoms. The lowest BCUT2D eigenvalue weighted by molar-refractivity contribution is -0.153. The van der Waals surface area contributed by atoms with Crippen LogP contribution in [0.15, 0.2) is 12.2 Å². The summed E-state index contributed by atoms with van der Waals surface area (Å²) < 4.78 is 5.42. The van der Waals surface area contributed by atoms with E-state index >= 15 is 0 Å². The van der Waals surface area contributed by atoms with E-state index in [0.717, 1.165) is 32.1 Å². The summed E-state index contributed by atoms with van der Waals surface area (Å²) in [5.41, 5.74) is 0. The molecule has 0 aromatic rings. The SMILES string of the molecule is CC(C)C(=O)OC1CC/C=C/CCC1. The fraction of sp³-hybridized carbons (Fsp3) is 0.750. The first kappa shape index (κ1) is 11.3.